The van der Waals surface area contributed by atoms with Crippen LogP contribution in [0.3, 0.4) is 0 Å². The van der Waals surface area contributed by atoms with Crippen molar-refractivity contribution >= 4 is 11.0 Å². The normalized spacial score (nSPS) is 11.6. The van der Waals surface area contributed by atoms with E-state index in [1.807, 2.05) is 30.6 Å². The lowest BCUT2D eigenvalue weighted by molar-refractivity contribution is 0.249. The van der Waals surface area contributed by atoms with Crippen molar-refractivity contribution in [1.82, 2.24) is 24.0 Å². The van der Waals surface area contributed by atoms with Crippen LogP contribution in [0, 0.1) is 0 Å². The third-order valence-electron chi connectivity index (χ3n) is 8.59. The smallest absolute Gasteiger partial charge is 0.141 e. The van der Waals surface area contributed by atoms with Crippen LogP contribution in [0.4, 0.5) is 0 Å². The summed E-state index contributed by atoms with van der Waals surface area (Å²) >= 11 is 0. The fourth-order valence-corrected chi connectivity index (χ4v) is 5.97. The molecule has 0 aliphatic rings. The molecule has 2 heterocycles. The third kappa shape index (κ3) is 7.47. The van der Waals surface area contributed by atoms with E-state index in [9.17, 15) is 0 Å². The van der Waals surface area contributed by atoms with Gasteiger partial charge in [0, 0.05) is 43.2 Å². The predicted molar refractivity (Wildman–Crippen MR) is 192 cm³/mol. The van der Waals surface area contributed by atoms with Crippen LogP contribution < -0.4 is 9.47 Å². The number of hydrogen-bond acceptors (Lipinski definition) is 5. The maximum Gasteiger partial charge on any atom is 0.141 e. The molecule has 0 spiro atoms. The summed E-state index contributed by atoms with van der Waals surface area (Å²) in [7, 11) is 1.69. The monoisotopic (exact) mass is 625 g/mol. The fourth-order valence-electron chi connectivity index (χ4n) is 5.97. The number of para-hydroxylation sites is 2. The molecule has 0 unspecified atom stereocenters. The Morgan fingerprint density at radius 1 is 0.723 bits per heavy atom. The first-order chi connectivity index (χ1) is 23.2. The minimum atomic E-state index is 0.700. The summed E-state index contributed by atoms with van der Waals surface area (Å²) in [5, 5.41) is 0. The topological polar surface area (TPSA) is 57.3 Å². The second kappa shape index (κ2) is 15.4. The number of hydrogen-bond donors (Lipinski definition) is 0. The van der Waals surface area contributed by atoms with Gasteiger partial charge in [-0.2, -0.15) is 0 Å². The Morgan fingerprint density at radius 3 is 2.17 bits per heavy atom. The highest BCUT2D eigenvalue weighted by Crippen LogP contribution is 2.32. The van der Waals surface area contributed by atoms with Crippen LogP contribution >= 0.6 is 0 Å². The van der Waals surface area contributed by atoms with Crippen LogP contribution in [0.1, 0.15) is 20.3 Å². The van der Waals surface area contributed by atoms with Crippen LogP contribution in [-0.4, -0.2) is 57.4 Å². The quantitative estimate of drug-likeness (QED) is 0.0845. The van der Waals surface area contributed by atoms with Gasteiger partial charge in [0.15, 0.2) is 0 Å². The van der Waals surface area contributed by atoms with Crippen LogP contribution in [0.5, 0.6) is 11.5 Å². The van der Waals surface area contributed by atoms with E-state index in [1.54, 1.807) is 7.11 Å². The van der Waals surface area contributed by atoms with Crippen molar-refractivity contribution in [3.63, 3.8) is 0 Å². The molecule has 0 bridgehead atoms. The molecule has 0 radical (unpaired) electrons. The van der Waals surface area contributed by atoms with Gasteiger partial charge in [-0.25, -0.2) is 9.97 Å². The zero-order chi connectivity index (χ0) is 32.4. The first kappa shape index (κ1) is 31.8. The molecule has 4 aromatic carbocycles. The summed E-state index contributed by atoms with van der Waals surface area (Å²) in [6.07, 6.45) is 9.34. The number of allylic oxidation sites excluding steroid dienone is 2. The molecule has 6 rings (SSSR count). The number of methoxy groups -OCH3 is 1. The molecular weight excluding hydrogens is 582 g/mol. The molecule has 0 N–H and O–H groups in total. The van der Waals surface area contributed by atoms with E-state index in [0.29, 0.717) is 19.7 Å². The van der Waals surface area contributed by atoms with Crippen molar-refractivity contribution in [3.05, 3.63) is 122 Å². The Morgan fingerprint density at radius 2 is 1.40 bits per heavy atom. The largest absolute Gasteiger partial charge is 0.497 e. The molecule has 2 aromatic heterocycles. The first-order valence-corrected chi connectivity index (χ1v) is 16.5. The first-order valence-electron chi connectivity index (χ1n) is 16.5. The van der Waals surface area contributed by atoms with E-state index in [0.717, 1.165) is 82.5 Å². The molecule has 6 aromatic rings. The molecule has 0 aliphatic carbocycles. The van der Waals surface area contributed by atoms with Gasteiger partial charge in [0.25, 0.3) is 0 Å². The number of benzene rings is 4. The summed E-state index contributed by atoms with van der Waals surface area (Å²) in [5.74, 6) is 3.61. The van der Waals surface area contributed by atoms with Crippen molar-refractivity contribution < 1.29 is 9.47 Å². The number of imidazole rings is 2. The number of ether oxygens (including phenoxy) is 2. The SMILES string of the molecule is CCN(CC)CCCOc1ccc(-c2nc3ccccc3n2CC=CCn2ccnc2-c2ccccc2-c2ccc(OC)cc2)cc1. The van der Waals surface area contributed by atoms with Crippen LogP contribution in [-0.2, 0) is 13.1 Å². The summed E-state index contributed by atoms with van der Waals surface area (Å²) in [6, 6.07) is 33.2. The van der Waals surface area contributed by atoms with Crippen molar-refractivity contribution in [3.8, 4) is 45.4 Å². The predicted octanol–water partition coefficient (Wildman–Crippen LogP) is 8.61. The van der Waals surface area contributed by atoms with Crippen molar-refractivity contribution in [2.24, 2.45) is 0 Å². The molecule has 7 heteroatoms. The summed E-state index contributed by atoms with van der Waals surface area (Å²) in [4.78, 5) is 12.2. The lowest BCUT2D eigenvalue weighted by Crippen LogP contribution is -2.25. The van der Waals surface area contributed by atoms with E-state index in [2.05, 4.69) is 119 Å². The zero-order valence-corrected chi connectivity index (χ0v) is 27.5. The molecule has 7 nitrogen and oxygen atoms in total. The van der Waals surface area contributed by atoms with E-state index < -0.39 is 0 Å². The molecule has 0 saturated heterocycles. The van der Waals surface area contributed by atoms with Crippen molar-refractivity contribution in [1.29, 1.82) is 0 Å². The van der Waals surface area contributed by atoms with Gasteiger partial charge >= 0.3 is 0 Å². The van der Waals surface area contributed by atoms with Gasteiger partial charge in [0.2, 0.25) is 0 Å². The Hall–Kier alpha value is -5.14. The van der Waals surface area contributed by atoms with Crippen LogP contribution in [0.2, 0.25) is 0 Å². The standard InChI is InChI=1S/C40H43N5O2/c1-4-43(5-2)26-12-30-47-34-23-19-32(20-24-34)39-42-37-15-8-9-16-38(37)45(39)28-11-10-27-44-29-25-41-40(44)36-14-7-6-13-35(36)31-17-21-33(46-3)22-18-31/h6-11,13-25,29H,4-5,12,26-28,30H2,1-3H3. The molecule has 0 saturated carbocycles. The molecule has 47 heavy (non-hydrogen) atoms. The maximum atomic E-state index is 6.05. The van der Waals surface area contributed by atoms with Gasteiger partial charge in [0.1, 0.15) is 23.1 Å². The highest BCUT2D eigenvalue weighted by Gasteiger charge is 2.14. The van der Waals surface area contributed by atoms with Crippen molar-refractivity contribution in [2.45, 2.75) is 33.4 Å². The second-order valence-corrected chi connectivity index (χ2v) is 11.4. The average Bonchev–Trinajstić information content (AvgIpc) is 3.75. The lowest BCUT2D eigenvalue weighted by Gasteiger charge is -2.17. The van der Waals surface area contributed by atoms with Gasteiger partial charge < -0.3 is 23.5 Å². The van der Waals surface area contributed by atoms with E-state index in [-0.39, 0.29) is 0 Å². The average molecular weight is 626 g/mol. The summed E-state index contributed by atoms with van der Waals surface area (Å²) < 4.78 is 15.9. The van der Waals surface area contributed by atoms with Gasteiger partial charge in [-0.3, -0.25) is 0 Å². The fraction of sp³-hybridized carbons (Fsp3) is 0.250. The van der Waals surface area contributed by atoms with Gasteiger partial charge in [0.05, 0.1) is 24.8 Å². The number of aromatic nitrogens is 4. The Bertz CT molecular complexity index is 1900. The molecule has 0 amide bonds. The summed E-state index contributed by atoms with van der Waals surface area (Å²) in [5.41, 5.74) is 6.52. The lowest BCUT2D eigenvalue weighted by atomic mass is 9.99. The van der Waals surface area contributed by atoms with E-state index in [1.165, 1.54) is 0 Å². The number of nitrogens with zero attached hydrogens (tertiary/aromatic N) is 5. The molecule has 240 valence electrons. The Labute approximate surface area is 277 Å². The van der Waals surface area contributed by atoms with Crippen molar-refractivity contribution in [2.75, 3.05) is 33.4 Å². The summed E-state index contributed by atoms with van der Waals surface area (Å²) in [6.45, 7) is 9.73. The molecule has 0 fully saturated rings. The molecular formula is C40H43N5O2. The number of fused-ring (bicyclic) bond motifs is 1. The molecule has 0 aliphatic heterocycles. The zero-order valence-electron chi connectivity index (χ0n) is 27.5. The highest BCUT2D eigenvalue weighted by atomic mass is 16.5. The second-order valence-electron chi connectivity index (χ2n) is 11.4. The minimum absolute atomic E-state index is 0.700. The van der Waals surface area contributed by atoms with Gasteiger partial charge in [-0.1, -0.05) is 74.5 Å². The van der Waals surface area contributed by atoms with Gasteiger partial charge in [-0.05, 0) is 79.2 Å². The van der Waals surface area contributed by atoms with Gasteiger partial charge in [-0.15, -0.1) is 0 Å². The highest BCUT2D eigenvalue weighted by molar-refractivity contribution is 5.82. The van der Waals surface area contributed by atoms with E-state index in [4.69, 9.17) is 19.4 Å². The Kier molecular flexibility index (Phi) is 10.4. The van der Waals surface area contributed by atoms with E-state index >= 15 is 0 Å². The van der Waals surface area contributed by atoms with Crippen LogP contribution in [0.25, 0.3) is 44.9 Å². The molecule has 0 atom stereocenters. The Balaban J connectivity index is 1.16. The minimum Gasteiger partial charge on any atom is -0.497 e. The maximum absolute atomic E-state index is 6.05. The number of rotatable bonds is 15. The van der Waals surface area contributed by atoms with Crippen LogP contribution in [0.15, 0.2) is 122 Å². The third-order valence-corrected chi connectivity index (χ3v) is 8.59.